The normalized spacial score (nSPS) is 28.8. The van der Waals surface area contributed by atoms with Crippen molar-refractivity contribution in [2.75, 3.05) is 43.5 Å². The molecule has 24 heavy (non-hydrogen) atoms. The van der Waals surface area contributed by atoms with E-state index in [2.05, 4.69) is 19.8 Å². The molecule has 1 spiro atoms. The quantitative estimate of drug-likeness (QED) is 0.872. The molecule has 1 atom stereocenters. The summed E-state index contributed by atoms with van der Waals surface area (Å²) in [5.74, 6) is 1.45. The predicted octanol–water partition coefficient (Wildman–Crippen LogP) is 1.06. The minimum absolute atomic E-state index is 0.254. The highest BCUT2D eigenvalue weighted by Gasteiger charge is 2.49. The number of hydrogen-bond donors (Lipinski definition) is 1. The predicted molar refractivity (Wildman–Crippen MR) is 90.5 cm³/mol. The van der Waals surface area contributed by atoms with Crippen LogP contribution in [0.5, 0.6) is 0 Å². The fraction of sp³-hybridized carbons (Fsp3) is 0.706. The highest BCUT2D eigenvalue weighted by Crippen LogP contribution is 2.42. The third-order valence-electron chi connectivity index (χ3n) is 5.74. The number of aromatic nitrogens is 2. The Kier molecular flexibility index (Phi) is 4.04. The Labute approximate surface area is 142 Å². The highest BCUT2D eigenvalue weighted by atomic mass is 16.5. The molecule has 7 heteroatoms. The number of rotatable bonds is 2. The smallest absolute Gasteiger partial charge is 0.230 e. The highest BCUT2D eigenvalue weighted by molar-refractivity contribution is 5.85. The molecule has 0 aromatic carbocycles. The van der Waals surface area contributed by atoms with Crippen molar-refractivity contribution in [1.82, 2.24) is 14.9 Å². The Balaban J connectivity index is 1.51. The lowest BCUT2D eigenvalue weighted by molar-refractivity contribution is -0.149. The van der Waals surface area contributed by atoms with E-state index in [-0.39, 0.29) is 11.4 Å². The first-order valence-corrected chi connectivity index (χ1v) is 8.90. The van der Waals surface area contributed by atoms with Gasteiger partial charge in [0, 0.05) is 45.1 Å². The lowest BCUT2D eigenvalue weighted by atomic mass is 9.77. The zero-order chi connectivity index (χ0) is 16.6. The maximum atomic E-state index is 13.3. The summed E-state index contributed by atoms with van der Waals surface area (Å²) in [6.07, 6.45) is 6.57. The van der Waals surface area contributed by atoms with Crippen LogP contribution >= 0.6 is 0 Å². The standard InChI is InChI=1S/C17H25N5O2/c18-16-19-7-2-14(20-16)21-9-6-17(12-21)5-1-8-22(15(17)23)13-3-10-24-11-4-13/h2,7,13H,1,3-6,8-12H2,(H2,18,19,20)/t17-/m1/s1. The van der Waals surface area contributed by atoms with E-state index in [1.165, 1.54) is 0 Å². The van der Waals surface area contributed by atoms with Crippen molar-refractivity contribution in [3.8, 4) is 0 Å². The molecule has 3 aliphatic rings. The van der Waals surface area contributed by atoms with Gasteiger partial charge >= 0.3 is 0 Å². The molecule has 1 aromatic rings. The summed E-state index contributed by atoms with van der Waals surface area (Å²) in [5, 5.41) is 0. The summed E-state index contributed by atoms with van der Waals surface area (Å²) < 4.78 is 5.46. The van der Waals surface area contributed by atoms with E-state index in [0.29, 0.717) is 11.9 Å². The van der Waals surface area contributed by atoms with E-state index in [9.17, 15) is 4.79 Å². The van der Waals surface area contributed by atoms with Gasteiger partial charge in [0.2, 0.25) is 11.9 Å². The summed E-state index contributed by atoms with van der Waals surface area (Å²) in [6, 6.07) is 2.23. The zero-order valence-corrected chi connectivity index (χ0v) is 14.0. The first-order chi connectivity index (χ1) is 11.7. The molecule has 3 saturated heterocycles. The van der Waals surface area contributed by atoms with Gasteiger partial charge in [-0.25, -0.2) is 4.98 Å². The molecule has 4 rings (SSSR count). The lowest BCUT2D eigenvalue weighted by Crippen LogP contribution is -2.54. The minimum Gasteiger partial charge on any atom is -0.381 e. The average molecular weight is 331 g/mol. The lowest BCUT2D eigenvalue weighted by Gasteiger charge is -2.44. The molecule has 0 saturated carbocycles. The van der Waals surface area contributed by atoms with Gasteiger partial charge in [-0.3, -0.25) is 4.79 Å². The number of hydrogen-bond acceptors (Lipinski definition) is 6. The van der Waals surface area contributed by atoms with Gasteiger partial charge < -0.3 is 20.3 Å². The third kappa shape index (κ3) is 2.70. The SMILES string of the molecule is Nc1nccc(N2CC[C@]3(CCCN(C4CCOCC4)C3=O)C2)n1. The van der Waals surface area contributed by atoms with Gasteiger partial charge in [-0.15, -0.1) is 0 Å². The molecule has 0 radical (unpaired) electrons. The van der Waals surface area contributed by atoms with Crippen LogP contribution in [0.25, 0.3) is 0 Å². The molecule has 130 valence electrons. The van der Waals surface area contributed by atoms with E-state index in [1.807, 2.05) is 6.07 Å². The number of ether oxygens (including phenoxy) is 1. The third-order valence-corrected chi connectivity index (χ3v) is 5.74. The maximum Gasteiger partial charge on any atom is 0.230 e. The first kappa shape index (κ1) is 15.6. The van der Waals surface area contributed by atoms with Gasteiger partial charge in [0.25, 0.3) is 0 Å². The molecule has 3 aliphatic heterocycles. The average Bonchev–Trinajstić information content (AvgIpc) is 3.03. The maximum absolute atomic E-state index is 13.3. The van der Waals surface area contributed by atoms with Crippen molar-refractivity contribution < 1.29 is 9.53 Å². The second-order valence-electron chi connectivity index (χ2n) is 7.17. The van der Waals surface area contributed by atoms with Crippen LogP contribution in [0.3, 0.4) is 0 Å². The van der Waals surface area contributed by atoms with Crippen LogP contribution in [0.15, 0.2) is 12.3 Å². The van der Waals surface area contributed by atoms with Crippen LogP contribution in [-0.2, 0) is 9.53 Å². The largest absolute Gasteiger partial charge is 0.381 e. The second-order valence-corrected chi connectivity index (χ2v) is 7.17. The van der Waals surface area contributed by atoms with Gasteiger partial charge in [0.15, 0.2) is 0 Å². The number of carbonyl (C=O) groups is 1. The van der Waals surface area contributed by atoms with E-state index < -0.39 is 0 Å². The van der Waals surface area contributed by atoms with Crippen molar-refractivity contribution in [2.24, 2.45) is 5.41 Å². The molecular formula is C17H25N5O2. The fourth-order valence-electron chi connectivity index (χ4n) is 4.43. The Morgan fingerprint density at radius 1 is 1.25 bits per heavy atom. The summed E-state index contributed by atoms with van der Waals surface area (Å²) >= 11 is 0. The van der Waals surface area contributed by atoms with Crippen LogP contribution in [0.2, 0.25) is 0 Å². The molecule has 3 fully saturated rings. The minimum atomic E-state index is -0.254. The molecule has 4 heterocycles. The zero-order valence-electron chi connectivity index (χ0n) is 14.0. The van der Waals surface area contributed by atoms with Crippen molar-refractivity contribution >= 4 is 17.7 Å². The number of carbonyl (C=O) groups excluding carboxylic acids is 1. The van der Waals surface area contributed by atoms with Crippen LogP contribution in [0.1, 0.15) is 32.1 Å². The summed E-state index contributed by atoms with van der Waals surface area (Å²) in [4.78, 5) is 25.9. The monoisotopic (exact) mass is 331 g/mol. The number of amides is 1. The van der Waals surface area contributed by atoms with Gasteiger partial charge in [-0.1, -0.05) is 0 Å². The second kappa shape index (κ2) is 6.20. The molecule has 7 nitrogen and oxygen atoms in total. The summed E-state index contributed by atoms with van der Waals surface area (Å²) in [6.45, 7) is 4.03. The molecule has 0 aliphatic carbocycles. The van der Waals surface area contributed by atoms with Gasteiger partial charge in [-0.05, 0) is 38.2 Å². The molecule has 1 aromatic heterocycles. The number of nitrogens with zero attached hydrogens (tertiary/aromatic N) is 4. The molecule has 2 N–H and O–H groups in total. The Morgan fingerprint density at radius 3 is 2.88 bits per heavy atom. The van der Waals surface area contributed by atoms with Crippen LogP contribution in [0.4, 0.5) is 11.8 Å². The van der Waals surface area contributed by atoms with E-state index >= 15 is 0 Å². The molecule has 1 amide bonds. The first-order valence-electron chi connectivity index (χ1n) is 8.90. The van der Waals surface area contributed by atoms with Gasteiger partial charge in [-0.2, -0.15) is 4.98 Å². The van der Waals surface area contributed by atoms with Crippen molar-refractivity contribution in [2.45, 2.75) is 38.1 Å². The molecule has 0 bridgehead atoms. The van der Waals surface area contributed by atoms with Gasteiger partial charge in [0.1, 0.15) is 5.82 Å². The van der Waals surface area contributed by atoms with Crippen molar-refractivity contribution in [1.29, 1.82) is 0 Å². The summed E-state index contributed by atoms with van der Waals surface area (Å²) in [7, 11) is 0. The number of anilines is 2. The van der Waals surface area contributed by atoms with E-state index in [4.69, 9.17) is 10.5 Å². The Hall–Kier alpha value is -1.89. The molecular weight excluding hydrogens is 306 g/mol. The van der Waals surface area contributed by atoms with Crippen molar-refractivity contribution in [3.05, 3.63) is 12.3 Å². The number of piperidine rings is 1. The Morgan fingerprint density at radius 2 is 2.08 bits per heavy atom. The number of likely N-dealkylation sites (tertiary alicyclic amines) is 1. The van der Waals surface area contributed by atoms with Crippen LogP contribution < -0.4 is 10.6 Å². The Bertz CT molecular complexity index is 619. The van der Waals surface area contributed by atoms with E-state index in [1.54, 1.807) is 6.20 Å². The van der Waals surface area contributed by atoms with Crippen LogP contribution in [0, 0.1) is 5.41 Å². The van der Waals surface area contributed by atoms with Crippen LogP contribution in [-0.4, -0.2) is 59.7 Å². The number of nitrogens with two attached hydrogens (primary N) is 1. The summed E-state index contributed by atoms with van der Waals surface area (Å²) in [5.41, 5.74) is 5.45. The van der Waals surface area contributed by atoms with Gasteiger partial charge in [0.05, 0.1) is 5.41 Å². The number of nitrogen functional groups attached to an aromatic ring is 1. The van der Waals surface area contributed by atoms with Crippen molar-refractivity contribution in [3.63, 3.8) is 0 Å². The topological polar surface area (TPSA) is 84.6 Å². The fourth-order valence-corrected chi connectivity index (χ4v) is 4.43. The molecule has 0 unspecified atom stereocenters. The van der Waals surface area contributed by atoms with E-state index in [0.717, 1.165) is 70.8 Å².